The Labute approximate surface area is 157 Å². The molecule has 132 valence electrons. The SMILES string of the molecule is CN(C)c1cc(NC(=O)[C@H](Sc2ccccc2)c2ccccc2)ncn1. The van der Waals surface area contributed by atoms with Crippen LogP contribution in [0.4, 0.5) is 11.6 Å². The Morgan fingerprint density at radius 3 is 2.31 bits per heavy atom. The van der Waals surface area contributed by atoms with E-state index in [-0.39, 0.29) is 11.2 Å². The monoisotopic (exact) mass is 364 g/mol. The van der Waals surface area contributed by atoms with E-state index in [0.717, 1.165) is 16.3 Å². The Bertz CT molecular complexity index is 856. The van der Waals surface area contributed by atoms with Gasteiger partial charge in [-0.2, -0.15) is 0 Å². The molecule has 2 aromatic carbocycles. The van der Waals surface area contributed by atoms with Crippen molar-refractivity contribution in [2.75, 3.05) is 24.3 Å². The van der Waals surface area contributed by atoms with E-state index >= 15 is 0 Å². The predicted octanol–water partition coefficient (Wildman–Crippen LogP) is 4.01. The van der Waals surface area contributed by atoms with Crippen LogP contribution in [0.2, 0.25) is 0 Å². The third kappa shape index (κ3) is 4.61. The second-order valence-electron chi connectivity index (χ2n) is 5.87. The summed E-state index contributed by atoms with van der Waals surface area (Å²) < 4.78 is 0. The lowest BCUT2D eigenvalue weighted by Crippen LogP contribution is -2.20. The quantitative estimate of drug-likeness (QED) is 0.670. The van der Waals surface area contributed by atoms with Gasteiger partial charge in [0.1, 0.15) is 23.2 Å². The van der Waals surface area contributed by atoms with Gasteiger partial charge < -0.3 is 10.2 Å². The third-order valence-electron chi connectivity index (χ3n) is 3.70. The van der Waals surface area contributed by atoms with Crippen LogP contribution in [0.1, 0.15) is 10.8 Å². The number of hydrogen-bond acceptors (Lipinski definition) is 5. The molecule has 1 N–H and O–H groups in total. The second-order valence-corrected chi connectivity index (χ2v) is 7.05. The second kappa shape index (κ2) is 8.49. The van der Waals surface area contributed by atoms with Crippen LogP contribution in [-0.2, 0) is 4.79 Å². The molecule has 0 fully saturated rings. The van der Waals surface area contributed by atoms with E-state index in [1.807, 2.05) is 79.7 Å². The van der Waals surface area contributed by atoms with E-state index in [1.54, 1.807) is 6.07 Å². The van der Waals surface area contributed by atoms with Crippen molar-refractivity contribution in [3.63, 3.8) is 0 Å². The van der Waals surface area contributed by atoms with E-state index < -0.39 is 0 Å². The molecule has 1 amide bonds. The van der Waals surface area contributed by atoms with Crippen molar-refractivity contribution >= 4 is 29.3 Å². The zero-order valence-corrected chi connectivity index (χ0v) is 15.5. The van der Waals surface area contributed by atoms with Crippen LogP contribution in [-0.4, -0.2) is 30.0 Å². The van der Waals surface area contributed by atoms with Crippen molar-refractivity contribution in [1.29, 1.82) is 0 Å². The Morgan fingerprint density at radius 2 is 1.65 bits per heavy atom. The van der Waals surface area contributed by atoms with Crippen LogP contribution in [0.5, 0.6) is 0 Å². The highest BCUT2D eigenvalue weighted by Crippen LogP contribution is 2.36. The first-order chi connectivity index (χ1) is 12.6. The fraction of sp³-hybridized carbons (Fsp3) is 0.150. The van der Waals surface area contributed by atoms with Gasteiger partial charge in [0.2, 0.25) is 5.91 Å². The molecule has 0 aliphatic carbocycles. The zero-order chi connectivity index (χ0) is 18.4. The van der Waals surface area contributed by atoms with E-state index in [2.05, 4.69) is 15.3 Å². The van der Waals surface area contributed by atoms with Gasteiger partial charge in [0.05, 0.1) is 0 Å². The molecule has 0 unspecified atom stereocenters. The number of amides is 1. The smallest absolute Gasteiger partial charge is 0.243 e. The van der Waals surface area contributed by atoms with Gasteiger partial charge in [0, 0.05) is 25.1 Å². The largest absolute Gasteiger partial charge is 0.363 e. The molecule has 0 saturated heterocycles. The summed E-state index contributed by atoms with van der Waals surface area (Å²) in [5.74, 6) is 1.11. The number of nitrogens with zero attached hydrogens (tertiary/aromatic N) is 3. The van der Waals surface area contributed by atoms with Gasteiger partial charge in [-0.25, -0.2) is 9.97 Å². The molecule has 0 aliphatic rings. The number of anilines is 2. The lowest BCUT2D eigenvalue weighted by atomic mass is 10.1. The number of carbonyl (C=O) groups is 1. The maximum absolute atomic E-state index is 13.0. The van der Waals surface area contributed by atoms with Crippen molar-refractivity contribution in [2.45, 2.75) is 10.1 Å². The van der Waals surface area contributed by atoms with Crippen molar-refractivity contribution in [2.24, 2.45) is 0 Å². The highest BCUT2D eigenvalue weighted by Gasteiger charge is 2.22. The van der Waals surface area contributed by atoms with Gasteiger partial charge in [-0.05, 0) is 17.7 Å². The molecule has 1 heterocycles. The molecule has 5 nitrogen and oxygen atoms in total. The highest BCUT2D eigenvalue weighted by atomic mass is 32.2. The van der Waals surface area contributed by atoms with Crippen molar-refractivity contribution in [3.8, 4) is 0 Å². The van der Waals surface area contributed by atoms with E-state index in [4.69, 9.17) is 0 Å². The maximum atomic E-state index is 13.0. The predicted molar refractivity (Wildman–Crippen MR) is 106 cm³/mol. The molecule has 26 heavy (non-hydrogen) atoms. The maximum Gasteiger partial charge on any atom is 0.243 e. The molecule has 3 rings (SSSR count). The van der Waals surface area contributed by atoms with Gasteiger partial charge >= 0.3 is 0 Å². The first kappa shape index (κ1) is 17.9. The molecule has 6 heteroatoms. The van der Waals surface area contributed by atoms with E-state index in [0.29, 0.717) is 5.82 Å². The fourth-order valence-electron chi connectivity index (χ4n) is 2.39. The molecule has 0 aliphatic heterocycles. The molecule has 0 spiro atoms. The van der Waals surface area contributed by atoms with Gasteiger partial charge in [-0.3, -0.25) is 4.79 Å². The average molecular weight is 364 g/mol. The van der Waals surface area contributed by atoms with Crippen molar-refractivity contribution in [3.05, 3.63) is 78.6 Å². The molecular formula is C20H20N4OS. The number of rotatable bonds is 6. The first-order valence-corrected chi connectivity index (χ1v) is 9.08. The standard InChI is InChI=1S/C20H20N4OS/c1-24(2)18-13-17(21-14-22-18)23-20(25)19(15-9-5-3-6-10-15)26-16-11-7-4-8-12-16/h3-14,19H,1-2H3,(H,21,22,23,25)/t19-/m1/s1. The Hall–Kier alpha value is -2.86. The lowest BCUT2D eigenvalue weighted by Gasteiger charge is -2.17. The van der Waals surface area contributed by atoms with Crippen molar-refractivity contribution in [1.82, 2.24) is 9.97 Å². The lowest BCUT2D eigenvalue weighted by molar-refractivity contribution is -0.115. The highest BCUT2D eigenvalue weighted by molar-refractivity contribution is 8.00. The summed E-state index contributed by atoms with van der Waals surface area (Å²) in [6, 6.07) is 21.4. The molecule has 1 atom stereocenters. The third-order valence-corrected chi connectivity index (χ3v) is 4.97. The summed E-state index contributed by atoms with van der Waals surface area (Å²) in [5.41, 5.74) is 0.945. The van der Waals surface area contributed by atoms with Crippen molar-refractivity contribution < 1.29 is 4.79 Å². The van der Waals surface area contributed by atoms with Crippen LogP contribution < -0.4 is 10.2 Å². The molecule has 0 radical (unpaired) electrons. The Kier molecular flexibility index (Phi) is 5.86. The minimum atomic E-state index is -0.378. The number of thioether (sulfide) groups is 1. The van der Waals surface area contributed by atoms with Crippen LogP contribution in [0.3, 0.4) is 0 Å². The molecule has 0 saturated carbocycles. The van der Waals surface area contributed by atoms with Gasteiger partial charge in [-0.1, -0.05) is 48.5 Å². The van der Waals surface area contributed by atoms with Gasteiger partial charge in [0.25, 0.3) is 0 Å². The van der Waals surface area contributed by atoms with Crippen LogP contribution in [0.15, 0.2) is 78.0 Å². The number of benzene rings is 2. The summed E-state index contributed by atoms with van der Waals surface area (Å²) in [4.78, 5) is 24.2. The number of carbonyl (C=O) groups excluding carboxylic acids is 1. The fourth-order valence-corrected chi connectivity index (χ4v) is 3.43. The van der Waals surface area contributed by atoms with Gasteiger partial charge in [-0.15, -0.1) is 11.8 Å². The molecular weight excluding hydrogens is 344 g/mol. The normalized spacial score (nSPS) is 11.6. The number of nitrogens with one attached hydrogen (secondary N) is 1. The average Bonchev–Trinajstić information content (AvgIpc) is 2.67. The Morgan fingerprint density at radius 1 is 1.00 bits per heavy atom. The molecule has 3 aromatic rings. The molecule has 1 aromatic heterocycles. The van der Waals surface area contributed by atoms with Crippen LogP contribution in [0, 0.1) is 0 Å². The summed E-state index contributed by atoms with van der Waals surface area (Å²) in [6.45, 7) is 0. The summed E-state index contributed by atoms with van der Waals surface area (Å²) >= 11 is 1.51. The number of aromatic nitrogens is 2. The minimum Gasteiger partial charge on any atom is -0.363 e. The zero-order valence-electron chi connectivity index (χ0n) is 14.7. The van der Waals surface area contributed by atoms with Crippen LogP contribution in [0.25, 0.3) is 0 Å². The first-order valence-electron chi connectivity index (χ1n) is 8.20. The summed E-state index contributed by atoms with van der Waals surface area (Å²) in [7, 11) is 3.79. The Balaban J connectivity index is 1.84. The summed E-state index contributed by atoms with van der Waals surface area (Å²) in [6.07, 6.45) is 1.45. The van der Waals surface area contributed by atoms with E-state index in [1.165, 1.54) is 18.1 Å². The minimum absolute atomic E-state index is 0.117. The van der Waals surface area contributed by atoms with Gasteiger partial charge in [0.15, 0.2) is 0 Å². The van der Waals surface area contributed by atoms with E-state index in [9.17, 15) is 4.79 Å². The van der Waals surface area contributed by atoms with Crippen LogP contribution >= 0.6 is 11.8 Å². The summed E-state index contributed by atoms with van der Waals surface area (Å²) in [5, 5.41) is 2.54. The molecule has 0 bridgehead atoms. The number of hydrogen-bond donors (Lipinski definition) is 1. The topological polar surface area (TPSA) is 58.1 Å².